The summed E-state index contributed by atoms with van der Waals surface area (Å²) >= 11 is 0. The lowest BCUT2D eigenvalue weighted by atomic mass is 10.1. The van der Waals surface area contributed by atoms with Crippen LogP contribution in [0.25, 0.3) is 0 Å². The van der Waals surface area contributed by atoms with Crippen LogP contribution < -0.4 is 4.74 Å². The van der Waals surface area contributed by atoms with Gasteiger partial charge in [-0.15, -0.1) is 0 Å². The Hall–Kier alpha value is -2.04. The van der Waals surface area contributed by atoms with E-state index in [0.717, 1.165) is 16.9 Å². The van der Waals surface area contributed by atoms with E-state index < -0.39 is 0 Å². The number of carbonyl (C=O) groups is 2. The van der Waals surface area contributed by atoms with E-state index in [1.807, 2.05) is 19.9 Å². The fourth-order valence-corrected chi connectivity index (χ4v) is 2.59. The van der Waals surface area contributed by atoms with E-state index in [4.69, 9.17) is 4.74 Å². The number of ether oxygens (including phenoxy) is 1. The molecule has 1 heterocycles. The predicted molar refractivity (Wildman–Crippen MR) is 85.0 cm³/mol. The SMILES string of the molecule is CC(=O)N1CCN(C(=O)COc2cc(C)c(C)cc2C)CC1. The summed E-state index contributed by atoms with van der Waals surface area (Å²) in [5.41, 5.74) is 3.41. The minimum Gasteiger partial charge on any atom is -0.483 e. The summed E-state index contributed by atoms with van der Waals surface area (Å²) in [6.07, 6.45) is 0. The first-order valence-corrected chi connectivity index (χ1v) is 7.62. The molecule has 0 N–H and O–H groups in total. The predicted octanol–water partition coefficient (Wildman–Crippen LogP) is 1.68. The van der Waals surface area contributed by atoms with Crippen molar-refractivity contribution in [2.24, 2.45) is 0 Å². The third-order valence-electron chi connectivity index (χ3n) is 4.22. The molecular weight excluding hydrogens is 280 g/mol. The molecule has 0 bridgehead atoms. The molecule has 0 aliphatic carbocycles. The largest absolute Gasteiger partial charge is 0.483 e. The van der Waals surface area contributed by atoms with Crippen LogP contribution in [0, 0.1) is 20.8 Å². The zero-order valence-corrected chi connectivity index (χ0v) is 13.8. The van der Waals surface area contributed by atoms with Gasteiger partial charge in [-0.2, -0.15) is 0 Å². The topological polar surface area (TPSA) is 49.9 Å². The highest BCUT2D eigenvalue weighted by molar-refractivity contribution is 5.78. The zero-order chi connectivity index (χ0) is 16.3. The van der Waals surface area contributed by atoms with E-state index in [9.17, 15) is 9.59 Å². The lowest BCUT2D eigenvalue weighted by Gasteiger charge is -2.34. The van der Waals surface area contributed by atoms with Gasteiger partial charge in [-0.1, -0.05) is 6.07 Å². The molecule has 1 aliphatic heterocycles. The monoisotopic (exact) mass is 304 g/mol. The number of aryl methyl sites for hydroxylation is 3. The average molecular weight is 304 g/mol. The molecule has 1 aromatic rings. The highest BCUT2D eigenvalue weighted by Crippen LogP contribution is 2.22. The van der Waals surface area contributed by atoms with Gasteiger partial charge in [0.15, 0.2) is 6.61 Å². The fourth-order valence-electron chi connectivity index (χ4n) is 2.59. The standard InChI is InChI=1S/C17H24N2O3/c1-12-9-14(3)16(10-13(12)2)22-11-17(21)19-7-5-18(6-8-19)15(4)20/h9-10H,5-8,11H2,1-4H3. The van der Waals surface area contributed by atoms with E-state index >= 15 is 0 Å². The van der Waals surface area contributed by atoms with Crippen LogP contribution in [0.5, 0.6) is 5.75 Å². The minimum atomic E-state index is -0.0270. The summed E-state index contributed by atoms with van der Waals surface area (Å²) in [7, 11) is 0. The minimum absolute atomic E-state index is 0.0270. The Bertz CT molecular complexity index is 576. The third-order valence-corrected chi connectivity index (χ3v) is 4.22. The van der Waals surface area contributed by atoms with Crippen LogP contribution in [0.2, 0.25) is 0 Å². The normalized spacial score (nSPS) is 14.9. The smallest absolute Gasteiger partial charge is 0.260 e. The molecule has 1 aromatic carbocycles. The molecule has 0 radical (unpaired) electrons. The van der Waals surface area contributed by atoms with Crippen LogP contribution in [-0.4, -0.2) is 54.4 Å². The number of nitrogens with zero attached hydrogens (tertiary/aromatic N) is 2. The molecule has 0 spiro atoms. The van der Waals surface area contributed by atoms with Gasteiger partial charge >= 0.3 is 0 Å². The van der Waals surface area contributed by atoms with Crippen molar-refractivity contribution in [3.05, 3.63) is 28.8 Å². The second kappa shape index (κ2) is 6.81. The quantitative estimate of drug-likeness (QED) is 0.854. The summed E-state index contributed by atoms with van der Waals surface area (Å²) in [5.74, 6) is 0.800. The Kier molecular flexibility index (Phi) is 5.06. The molecule has 0 atom stereocenters. The molecule has 22 heavy (non-hydrogen) atoms. The van der Waals surface area contributed by atoms with Crippen molar-refractivity contribution >= 4 is 11.8 Å². The van der Waals surface area contributed by atoms with Crippen molar-refractivity contribution in [3.63, 3.8) is 0 Å². The molecule has 1 aliphatic rings. The van der Waals surface area contributed by atoms with Crippen molar-refractivity contribution in [2.45, 2.75) is 27.7 Å². The Balaban J connectivity index is 1.89. The second-order valence-electron chi connectivity index (χ2n) is 5.88. The molecule has 120 valence electrons. The van der Waals surface area contributed by atoms with Crippen molar-refractivity contribution < 1.29 is 14.3 Å². The first-order chi connectivity index (χ1) is 10.4. The van der Waals surface area contributed by atoms with Crippen molar-refractivity contribution in [3.8, 4) is 5.75 Å². The summed E-state index contributed by atoms with van der Waals surface area (Å²) in [6.45, 7) is 10.0. The van der Waals surface area contributed by atoms with Gasteiger partial charge in [0.25, 0.3) is 5.91 Å². The summed E-state index contributed by atoms with van der Waals surface area (Å²) in [6, 6.07) is 4.05. The number of piperazine rings is 1. The molecule has 5 heteroatoms. The number of hydrogen-bond acceptors (Lipinski definition) is 3. The number of hydrogen-bond donors (Lipinski definition) is 0. The van der Waals surface area contributed by atoms with Crippen LogP contribution in [0.3, 0.4) is 0 Å². The van der Waals surface area contributed by atoms with E-state index in [2.05, 4.69) is 13.0 Å². The van der Waals surface area contributed by atoms with Crippen LogP contribution in [0.15, 0.2) is 12.1 Å². The zero-order valence-electron chi connectivity index (χ0n) is 13.8. The molecule has 0 saturated carbocycles. The Morgan fingerprint density at radius 1 is 0.955 bits per heavy atom. The molecule has 0 unspecified atom stereocenters. The van der Waals surface area contributed by atoms with Crippen molar-refractivity contribution in [1.29, 1.82) is 0 Å². The Morgan fingerprint density at radius 2 is 1.50 bits per heavy atom. The van der Waals surface area contributed by atoms with E-state index in [0.29, 0.717) is 26.2 Å². The molecule has 0 aromatic heterocycles. The first kappa shape index (κ1) is 16.3. The maximum atomic E-state index is 12.2. The number of rotatable bonds is 3. The Labute approximate surface area is 131 Å². The van der Waals surface area contributed by atoms with E-state index in [1.54, 1.807) is 16.7 Å². The van der Waals surface area contributed by atoms with E-state index in [1.165, 1.54) is 5.56 Å². The van der Waals surface area contributed by atoms with Crippen LogP contribution in [0.1, 0.15) is 23.6 Å². The molecular formula is C17H24N2O3. The lowest BCUT2D eigenvalue weighted by molar-refractivity contribution is -0.139. The van der Waals surface area contributed by atoms with Gasteiger partial charge in [-0.25, -0.2) is 0 Å². The summed E-state index contributed by atoms with van der Waals surface area (Å²) in [5, 5.41) is 0. The van der Waals surface area contributed by atoms with Gasteiger partial charge in [-0.3, -0.25) is 9.59 Å². The van der Waals surface area contributed by atoms with Gasteiger partial charge < -0.3 is 14.5 Å². The van der Waals surface area contributed by atoms with E-state index in [-0.39, 0.29) is 18.4 Å². The number of benzene rings is 1. The third kappa shape index (κ3) is 3.78. The summed E-state index contributed by atoms with van der Waals surface area (Å²) < 4.78 is 5.69. The number of carbonyl (C=O) groups excluding carboxylic acids is 2. The van der Waals surface area contributed by atoms with Gasteiger partial charge in [-0.05, 0) is 43.5 Å². The van der Waals surface area contributed by atoms with Crippen molar-refractivity contribution in [2.75, 3.05) is 32.8 Å². The highest BCUT2D eigenvalue weighted by Gasteiger charge is 2.22. The summed E-state index contributed by atoms with van der Waals surface area (Å²) in [4.78, 5) is 27.0. The lowest BCUT2D eigenvalue weighted by Crippen LogP contribution is -2.51. The Morgan fingerprint density at radius 3 is 2.09 bits per heavy atom. The molecule has 2 amide bonds. The number of amides is 2. The maximum Gasteiger partial charge on any atom is 0.260 e. The van der Waals surface area contributed by atoms with Gasteiger partial charge in [0.1, 0.15) is 5.75 Å². The van der Waals surface area contributed by atoms with Crippen LogP contribution in [0.4, 0.5) is 0 Å². The van der Waals surface area contributed by atoms with Gasteiger partial charge in [0.05, 0.1) is 0 Å². The molecule has 1 fully saturated rings. The highest BCUT2D eigenvalue weighted by atomic mass is 16.5. The molecule has 2 rings (SSSR count). The van der Waals surface area contributed by atoms with Crippen LogP contribution >= 0.6 is 0 Å². The molecule has 5 nitrogen and oxygen atoms in total. The molecule has 1 saturated heterocycles. The van der Waals surface area contributed by atoms with Crippen LogP contribution in [-0.2, 0) is 9.59 Å². The maximum absolute atomic E-state index is 12.2. The fraction of sp³-hybridized carbons (Fsp3) is 0.529. The first-order valence-electron chi connectivity index (χ1n) is 7.62. The van der Waals surface area contributed by atoms with Gasteiger partial charge in [0.2, 0.25) is 5.91 Å². The second-order valence-corrected chi connectivity index (χ2v) is 5.88. The average Bonchev–Trinajstić information content (AvgIpc) is 2.49. The van der Waals surface area contributed by atoms with Gasteiger partial charge in [0, 0.05) is 33.1 Å². The van der Waals surface area contributed by atoms with Crippen molar-refractivity contribution in [1.82, 2.24) is 9.80 Å².